The van der Waals surface area contributed by atoms with Gasteiger partial charge in [0.1, 0.15) is 11.4 Å². The molecule has 2 heterocycles. The second-order valence-electron chi connectivity index (χ2n) is 4.31. The number of thiophene rings is 1. The van der Waals surface area contributed by atoms with Gasteiger partial charge in [-0.1, -0.05) is 24.3 Å². The zero-order valence-corrected chi connectivity index (χ0v) is 11.4. The van der Waals surface area contributed by atoms with E-state index in [9.17, 15) is 15.2 Å². The first-order chi connectivity index (χ1) is 9.18. The first-order valence-corrected chi connectivity index (χ1v) is 7.55. The Labute approximate surface area is 118 Å². The minimum absolute atomic E-state index is 0.333. The predicted molar refractivity (Wildman–Crippen MR) is 75.1 cm³/mol. The first kappa shape index (κ1) is 12.7. The lowest BCUT2D eigenvalue weighted by Crippen LogP contribution is -2.35. The van der Waals surface area contributed by atoms with E-state index in [1.807, 2.05) is 29.6 Å². The standard InChI is InChI=1S/C13H11NO3S2/c15-12-8-4-1-2-5-9(8)19-13(11(12)14(16)17)10-6-3-7-18-10/h1-7,11-13,15H. The average molecular weight is 293 g/mol. The molecular weight excluding hydrogens is 282 g/mol. The van der Waals surface area contributed by atoms with Gasteiger partial charge < -0.3 is 5.11 Å². The van der Waals surface area contributed by atoms with E-state index in [0.29, 0.717) is 5.56 Å². The third-order valence-electron chi connectivity index (χ3n) is 3.19. The molecule has 0 aliphatic carbocycles. The van der Waals surface area contributed by atoms with Crippen LogP contribution in [-0.2, 0) is 0 Å². The number of rotatable bonds is 2. The number of hydrogen-bond donors (Lipinski definition) is 1. The van der Waals surface area contributed by atoms with Crippen molar-refractivity contribution in [2.75, 3.05) is 0 Å². The van der Waals surface area contributed by atoms with Crippen LogP contribution in [0.1, 0.15) is 21.8 Å². The summed E-state index contributed by atoms with van der Waals surface area (Å²) in [6.45, 7) is 0. The molecule has 0 radical (unpaired) electrons. The molecule has 0 spiro atoms. The summed E-state index contributed by atoms with van der Waals surface area (Å²) >= 11 is 2.95. The van der Waals surface area contributed by atoms with Crippen LogP contribution in [0.2, 0.25) is 0 Å². The maximum Gasteiger partial charge on any atom is 0.259 e. The van der Waals surface area contributed by atoms with Gasteiger partial charge in [-0.15, -0.1) is 23.1 Å². The van der Waals surface area contributed by atoms with Crippen molar-refractivity contribution in [3.05, 3.63) is 62.3 Å². The molecule has 4 nitrogen and oxygen atoms in total. The van der Waals surface area contributed by atoms with Crippen LogP contribution in [0.5, 0.6) is 0 Å². The summed E-state index contributed by atoms with van der Waals surface area (Å²) in [5.41, 5.74) is 0.655. The Morgan fingerprint density at radius 1 is 1.21 bits per heavy atom. The summed E-state index contributed by atoms with van der Waals surface area (Å²) in [4.78, 5) is 12.8. The molecule has 0 bridgehead atoms. The fourth-order valence-corrected chi connectivity index (χ4v) is 4.69. The molecular formula is C13H11NO3S2. The summed E-state index contributed by atoms with van der Waals surface area (Å²) in [7, 11) is 0. The molecule has 0 amide bonds. The average Bonchev–Trinajstić information content (AvgIpc) is 2.92. The first-order valence-electron chi connectivity index (χ1n) is 5.79. The van der Waals surface area contributed by atoms with Crippen molar-refractivity contribution in [1.82, 2.24) is 0 Å². The van der Waals surface area contributed by atoms with Crippen molar-refractivity contribution < 1.29 is 10.0 Å². The predicted octanol–water partition coefficient (Wildman–Crippen LogP) is 3.27. The van der Waals surface area contributed by atoms with E-state index in [0.717, 1.165) is 9.77 Å². The van der Waals surface area contributed by atoms with Crippen LogP contribution in [0, 0.1) is 10.1 Å². The molecule has 3 rings (SSSR count). The summed E-state index contributed by atoms with van der Waals surface area (Å²) in [5, 5.41) is 23.2. The molecule has 0 fully saturated rings. The lowest BCUT2D eigenvalue weighted by Gasteiger charge is -2.30. The highest BCUT2D eigenvalue weighted by Crippen LogP contribution is 2.50. The van der Waals surface area contributed by atoms with Gasteiger partial charge in [-0.25, -0.2) is 0 Å². The van der Waals surface area contributed by atoms with Crippen LogP contribution < -0.4 is 0 Å². The number of aliphatic hydroxyl groups is 1. The number of benzene rings is 1. The van der Waals surface area contributed by atoms with E-state index in [-0.39, 0.29) is 10.2 Å². The van der Waals surface area contributed by atoms with Crippen LogP contribution in [0.4, 0.5) is 0 Å². The Morgan fingerprint density at radius 2 is 2.00 bits per heavy atom. The molecule has 6 heteroatoms. The molecule has 1 aromatic carbocycles. The highest BCUT2D eigenvalue weighted by Gasteiger charge is 2.45. The molecule has 0 saturated heterocycles. The number of hydrogen-bond acceptors (Lipinski definition) is 5. The van der Waals surface area contributed by atoms with Crippen LogP contribution in [0.15, 0.2) is 46.7 Å². The summed E-state index contributed by atoms with van der Waals surface area (Å²) in [6.07, 6.45) is -1.06. The van der Waals surface area contributed by atoms with Crippen LogP contribution in [-0.4, -0.2) is 16.1 Å². The lowest BCUT2D eigenvalue weighted by molar-refractivity contribution is -0.536. The van der Waals surface area contributed by atoms with Crippen molar-refractivity contribution in [3.63, 3.8) is 0 Å². The summed E-state index contributed by atoms with van der Waals surface area (Å²) < 4.78 is 0. The Morgan fingerprint density at radius 3 is 2.68 bits per heavy atom. The number of thioether (sulfide) groups is 1. The highest BCUT2D eigenvalue weighted by molar-refractivity contribution is 7.99. The van der Waals surface area contributed by atoms with Crippen molar-refractivity contribution >= 4 is 23.1 Å². The zero-order chi connectivity index (χ0) is 13.4. The van der Waals surface area contributed by atoms with Crippen molar-refractivity contribution in [1.29, 1.82) is 0 Å². The normalized spacial score (nSPS) is 25.8. The highest BCUT2D eigenvalue weighted by atomic mass is 32.2. The molecule has 0 saturated carbocycles. The smallest absolute Gasteiger partial charge is 0.259 e. The summed E-state index contributed by atoms with van der Waals surface area (Å²) in [6, 6.07) is 10.1. The number of aliphatic hydroxyl groups excluding tert-OH is 1. The molecule has 1 aromatic heterocycles. The maximum absolute atomic E-state index is 11.3. The summed E-state index contributed by atoms with van der Waals surface area (Å²) in [5.74, 6) is 0. The molecule has 1 aliphatic rings. The quantitative estimate of drug-likeness (QED) is 0.682. The number of nitro groups is 1. The van der Waals surface area contributed by atoms with E-state index in [4.69, 9.17) is 0 Å². The Kier molecular flexibility index (Phi) is 3.30. The zero-order valence-electron chi connectivity index (χ0n) is 9.80. The van der Waals surface area contributed by atoms with E-state index in [2.05, 4.69) is 0 Å². The number of nitrogens with zero attached hydrogens (tertiary/aromatic N) is 1. The largest absolute Gasteiger partial charge is 0.381 e. The molecule has 98 valence electrons. The van der Waals surface area contributed by atoms with Gasteiger partial charge >= 0.3 is 0 Å². The third-order valence-corrected chi connectivity index (χ3v) is 5.71. The van der Waals surface area contributed by atoms with Gasteiger partial charge in [-0.2, -0.15) is 0 Å². The SMILES string of the molecule is O=[N+]([O-])C1C(O)c2ccccc2SC1c1cccs1. The van der Waals surface area contributed by atoms with Crippen molar-refractivity contribution in [2.45, 2.75) is 22.3 Å². The fourth-order valence-electron chi connectivity index (χ4n) is 2.29. The van der Waals surface area contributed by atoms with Gasteiger partial charge in [0.15, 0.2) is 0 Å². The van der Waals surface area contributed by atoms with E-state index in [1.165, 1.54) is 23.1 Å². The van der Waals surface area contributed by atoms with Crippen molar-refractivity contribution in [2.24, 2.45) is 0 Å². The van der Waals surface area contributed by atoms with E-state index in [1.54, 1.807) is 12.1 Å². The Bertz CT molecular complexity index is 600. The van der Waals surface area contributed by atoms with Crippen LogP contribution in [0.25, 0.3) is 0 Å². The molecule has 1 aliphatic heterocycles. The van der Waals surface area contributed by atoms with Gasteiger partial charge in [0.05, 0.1) is 0 Å². The van der Waals surface area contributed by atoms with Gasteiger partial charge in [-0.05, 0) is 17.5 Å². The van der Waals surface area contributed by atoms with Crippen molar-refractivity contribution in [3.8, 4) is 0 Å². The molecule has 19 heavy (non-hydrogen) atoms. The van der Waals surface area contributed by atoms with Gasteiger partial charge in [0.2, 0.25) is 0 Å². The molecule has 3 atom stereocenters. The molecule has 3 unspecified atom stereocenters. The minimum Gasteiger partial charge on any atom is -0.381 e. The lowest BCUT2D eigenvalue weighted by atomic mass is 9.98. The van der Waals surface area contributed by atoms with Gasteiger partial charge in [-0.3, -0.25) is 10.1 Å². The van der Waals surface area contributed by atoms with Crippen LogP contribution >= 0.6 is 23.1 Å². The second-order valence-corrected chi connectivity index (χ2v) is 6.48. The molecule has 1 N–H and O–H groups in total. The monoisotopic (exact) mass is 293 g/mol. The minimum atomic E-state index is -1.06. The third kappa shape index (κ3) is 2.16. The Hall–Kier alpha value is -1.37. The number of fused-ring (bicyclic) bond motifs is 1. The fraction of sp³-hybridized carbons (Fsp3) is 0.231. The van der Waals surface area contributed by atoms with Crippen LogP contribution in [0.3, 0.4) is 0 Å². The second kappa shape index (κ2) is 4.96. The van der Waals surface area contributed by atoms with Gasteiger partial charge in [0, 0.05) is 20.3 Å². The van der Waals surface area contributed by atoms with Gasteiger partial charge in [0.25, 0.3) is 6.04 Å². The Balaban J connectivity index is 2.08. The van der Waals surface area contributed by atoms with E-state index >= 15 is 0 Å². The van der Waals surface area contributed by atoms with E-state index < -0.39 is 12.1 Å². The topological polar surface area (TPSA) is 63.4 Å². The maximum atomic E-state index is 11.3. The molecule has 2 aromatic rings.